The first kappa shape index (κ1) is 20.2. The van der Waals surface area contributed by atoms with Crippen LogP contribution in [0.3, 0.4) is 0 Å². The van der Waals surface area contributed by atoms with Gasteiger partial charge in [0.05, 0.1) is 11.7 Å². The number of anilines is 2. The highest BCUT2D eigenvalue weighted by Gasteiger charge is 2.28. The highest BCUT2D eigenvalue weighted by Crippen LogP contribution is 2.37. The molecule has 1 atom stereocenters. The second-order valence-corrected chi connectivity index (χ2v) is 8.16. The lowest BCUT2D eigenvalue weighted by Gasteiger charge is -2.25. The fourth-order valence-corrected chi connectivity index (χ4v) is 4.63. The predicted molar refractivity (Wildman–Crippen MR) is 117 cm³/mol. The van der Waals surface area contributed by atoms with Crippen molar-refractivity contribution in [2.75, 3.05) is 16.8 Å². The normalized spacial score (nSPS) is 16.0. The maximum absolute atomic E-state index is 12.7. The number of rotatable bonds is 8. The number of carbonyl (C=O) groups is 2. The van der Waals surface area contributed by atoms with Gasteiger partial charge in [0.1, 0.15) is 5.69 Å². The smallest absolute Gasteiger partial charge is 0.303 e. The maximum atomic E-state index is 12.7. The number of carboxylic acids is 1. The van der Waals surface area contributed by atoms with Crippen molar-refractivity contribution in [3.05, 3.63) is 65.4 Å². The van der Waals surface area contributed by atoms with Gasteiger partial charge < -0.3 is 14.6 Å². The lowest BCUT2D eigenvalue weighted by atomic mass is 10.1. The first-order valence-corrected chi connectivity index (χ1v) is 10.9. The molecule has 156 valence electrons. The number of aliphatic carboxylic acids is 1. The molecule has 4 rings (SSSR count). The van der Waals surface area contributed by atoms with E-state index in [0.717, 1.165) is 25.1 Å². The summed E-state index contributed by atoms with van der Waals surface area (Å²) in [4.78, 5) is 30.5. The third kappa shape index (κ3) is 4.54. The van der Waals surface area contributed by atoms with Crippen molar-refractivity contribution >= 4 is 34.0 Å². The molecule has 2 aromatic heterocycles. The zero-order valence-electron chi connectivity index (χ0n) is 16.5. The number of thiazole rings is 1. The highest BCUT2D eigenvalue weighted by atomic mass is 32.1. The van der Waals surface area contributed by atoms with Crippen LogP contribution in [0.15, 0.2) is 54.0 Å². The molecule has 1 aliphatic heterocycles. The van der Waals surface area contributed by atoms with Crippen LogP contribution in [0.25, 0.3) is 0 Å². The van der Waals surface area contributed by atoms with Crippen LogP contribution in [0.1, 0.15) is 47.9 Å². The summed E-state index contributed by atoms with van der Waals surface area (Å²) in [5, 5.41) is 14.3. The predicted octanol–water partition coefficient (Wildman–Crippen LogP) is 4.40. The molecule has 0 unspecified atom stereocenters. The molecule has 0 spiro atoms. The van der Waals surface area contributed by atoms with E-state index in [-0.39, 0.29) is 18.4 Å². The Hall–Kier alpha value is -3.13. The van der Waals surface area contributed by atoms with Gasteiger partial charge >= 0.3 is 5.97 Å². The molecule has 1 aromatic carbocycles. The standard InChI is InChI=1S/C22H24N4O3S/c27-20(28)11-6-13-25-12-4-10-19(25)21(29)24-22-23-17(15-30-22)18-9-5-14-26(18)16-7-2-1-3-8-16/h1-4,7-8,10,12,15,18H,5-6,9,11,13-14H2,(H,27,28)(H,23,24,29)/t18-/m1/s1. The van der Waals surface area contributed by atoms with Gasteiger partial charge in [0, 0.05) is 36.8 Å². The molecular weight excluding hydrogens is 400 g/mol. The molecule has 2 N–H and O–H groups in total. The summed E-state index contributed by atoms with van der Waals surface area (Å²) in [6.07, 6.45) is 4.50. The van der Waals surface area contributed by atoms with Crippen LogP contribution in [0.4, 0.5) is 10.8 Å². The lowest BCUT2D eigenvalue weighted by molar-refractivity contribution is -0.137. The first-order chi connectivity index (χ1) is 14.6. The van der Waals surface area contributed by atoms with E-state index in [0.29, 0.717) is 23.8 Å². The SMILES string of the molecule is O=C(O)CCCn1cccc1C(=O)Nc1nc([C@H]2CCCN2c2ccccc2)cs1. The number of aryl methyl sites for hydroxylation is 1. The molecule has 1 aliphatic rings. The monoisotopic (exact) mass is 424 g/mol. The van der Waals surface area contributed by atoms with Crippen molar-refractivity contribution in [3.8, 4) is 0 Å². The summed E-state index contributed by atoms with van der Waals surface area (Å²) < 4.78 is 1.78. The van der Waals surface area contributed by atoms with Gasteiger partial charge in [-0.15, -0.1) is 11.3 Å². The molecule has 30 heavy (non-hydrogen) atoms. The van der Waals surface area contributed by atoms with E-state index in [1.54, 1.807) is 22.9 Å². The first-order valence-electron chi connectivity index (χ1n) is 10.1. The van der Waals surface area contributed by atoms with Crippen molar-refractivity contribution in [1.29, 1.82) is 0 Å². The minimum atomic E-state index is -0.833. The van der Waals surface area contributed by atoms with E-state index in [9.17, 15) is 9.59 Å². The summed E-state index contributed by atoms with van der Waals surface area (Å²) in [6, 6.07) is 14.1. The third-order valence-electron chi connectivity index (χ3n) is 5.28. The average molecular weight is 425 g/mol. The molecular formula is C22H24N4O3S. The molecule has 1 fully saturated rings. The Bertz CT molecular complexity index is 1010. The van der Waals surface area contributed by atoms with E-state index in [2.05, 4.69) is 22.3 Å². The van der Waals surface area contributed by atoms with Gasteiger partial charge in [-0.25, -0.2) is 4.98 Å². The Morgan fingerprint density at radius 2 is 2.03 bits per heavy atom. The van der Waals surface area contributed by atoms with Gasteiger partial charge in [0.25, 0.3) is 5.91 Å². The van der Waals surface area contributed by atoms with E-state index in [1.807, 2.05) is 23.6 Å². The summed E-state index contributed by atoms with van der Waals surface area (Å²) in [5.74, 6) is -1.07. The minimum absolute atomic E-state index is 0.0778. The molecule has 0 radical (unpaired) electrons. The van der Waals surface area contributed by atoms with Crippen LogP contribution in [-0.4, -0.2) is 33.1 Å². The summed E-state index contributed by atoms with van der Waals surface area (Å²) in [5.41, 5.74) is 2.68. The van der Waals surface area contributed by atoms with E-state index in [4.69, 9.17) is 10.1 Å². The zero-order valence-corrected chi connectivity index (χ0v) is 17.3. The number of nitrogens with zero attached hydrogens (tertiary/aromatic N) is 3. The number of aromatic nitrogens is 2. The molecule has 0 bridgehead atoms. The Kier molecular flexibility index (Phi) is 6.13. The van der Waals surface area contributed by atoms with Gasteiger partial charge in [-0.3, -0.25) is 14.9 Å². The van der Waals surface area contributed by atoms with Gasteiger partial charge in [0.2, 0.25) is 0 Å². The third-order valence-corrected chi connectivity index (χ3v) is 6.05. The fraction of sp³-hybridized carbons (Fsp3) is 0.318. The highest BCUT2D eigenvalue weighted by molar-refractivity contribution is 7.14. The molecule has 3 aromatic rings. The number of nitrogens with one attached hydrogen (secondary N) is 1. The number of hydrogen-bond donors (Lipinski definition) is 2. The van der Waals surface area contributed by atoms with Crippen molar-refractivity contribution in [2.24, 2.45) is 0 Å². The second-order valence-electron chi connectivity index (χ2n) is 7.30. The van der Waals surface area contributed by atoms with Crippen LogP contribution in [0.5, 0.6) is 0 Å². The fourth-order valence-electron chi connectivity index (χ4n) is 3.88. The van der Waals surface area contributed by atoms with Crippen LogP contribution < -0.4 is 10.2 Å². The number of benzene rings is 1. The largest absolute Gasteiger partial charge is 0.481 e. The molecule has 0 aliphatic carbocycles. The molecule has 8 heteroatoms. The molecule has 1 amide bonds. The number of amides is 1. The van der Waals surface area contributed by atoms with Crippen LogP contribution in [0, 0.1) is 0 Å². The van der Waals surface area contributed by atoms with Gasteiger partial charge in [0.15, 0.2) is 5.13 Å². The van der Waals surface area contributed by atoms with Crippen molar-refractivity contribution < 1.29 is 14.7 Å². The Morgan fingerprint density at radius 3 is 2.83 bits per heavy atom. The van der Waals surface area contributed by atoms with Gasteiger partial charge in [-0.05, 0) is 43.5 Å². The maximum Gasteiger partial charge on any atom is 0.303 e. The molecule has 3 heterocycles. The minimum Gasteiger partial charge on any atom is -0.481 e. The second kappa shape index (κ2) is 9.13. The summed E-state index contributed by atoms with van der Waals surface area (Å²) >= 11 is 1.43. The summed E-state index contributed by atoms with van der Waals surface area (Å²) in [7, 11) is 0. The number of hydrogen-bond acceptors (Lipinski definition) is 5. The van der Waals surface area contributed by atoms with Crippen molar-refractivity contribution in [3.63, 3.8) is 0 Å². The van der Waals surface area contributed by atoms with Gasteiger partial charge in [-0.2, -0.15) is 0 Å². The Morgan fingerprint density at radius 1 is 1.20 bits per heavy atom. The number of carboxylic acid groups (broad SMARTS) is 1. The molecule has 1 saturated heterocycles. The van der Waals surface area contributed by atoms with E-state index >= 15 is 0 Å². The molecule has 0 saturated carbocycles. The van der Waals surface area contributed by atoms with Crippen molar-refractivity contribution in [2.45, 2.75) is 38.3 Å². The van der Waals surface area contributed by atoms with Crippen molar-refractivity contribution in [1.82, 2.24) is 9.55 Å². The van der Waals surface area contributed by atoms with Gasteiger partial charge in [-0.1, -0.05) is 18.2 Å². The van der Waals surface area contributed by atoms with Crippen LogP contribution >= 0.6 is 11.3 Å². The quantitative estimate of drug-likeness (QED) is 0.560. The molecule has 7 nitrogen and oxygen atoms in total. The zero-order chi connectivity index (χ0) is 20.9. The Balaban J connectivity index is 1.42. The average Bonchev–Trinajstić information content (AvgIpc) is 3.48. The van der Waals surface area contributed by atoms with E-state index in [1.165, 1.54) is 17.0 Å². The van der Waals surface area contributed by atoms with Crippen LogP contribution in [0.2, 0.25) is 0 Å². The Labute approximate surface area is 179 Å². The van der Waals surface area contributed by atoms with E-state index < -0.39 is 5.97 Å². The van der Waals surface area contributed by atoms with Crippen LogP contribution in [-0.2, 0) is 11.3 Å². The summed E-state index contributed by atoms with van der Waals surface area (Å²) in [6.45, 7) is 1.48. The lowest BCUT2D eigenvalue weighted by Crippen LogP contribution is -2.22. The topological polar surface area (TPSA) is 87.5 Å². The number of para-hydroxylation sites is 1. The number of carbonyl (C=O) groups excluding carboxylic acids is 1.